The van der Waals surface area contributed by atoms with Gasteiger partial charge in [0, 0.05) is 24.5 Å². The van der Waals surface area contributed by atoms with Crippen molar-refractivity contribution in [3.8, 4) is 11.3 Å². The molecule has 2 fully saturated rings. The zero-order valence-corrected chi connectivity index (χ0v) is 27.1. The summed E-state index contributed by atoms with van der Waals surface area (Å²) in [6, 6.07) is 31.2. The van der Waals surface area contributed by atoms with E-state index in [4.69, 9.17) is 0 Å². The molecule has 0 unspecified atom stereocenters. The Kier molecular flexibility index (Phi) is 9.19. The number of H-pyrrole nitrogens is 1. The van der Waals surface area contributed by atoms with Crippen molar-refractivity contribution in [3.63, 3.8) is 0 Å². The van der Waals surface area contributed by atoms with Gasteiger partial charge >= 0.3 is 0 Å². The molecule has 0 radical (unpaired) electrons. The molecule has 0 aliphatic carbocycles. The molecule has 2 saturated heterocycles. The number of likely N-dealkylation sites (tertiary alicyclic amines) is 2. The van der Waals surface area contributed by atoms with Crippen LogP contribution in [0, 0.1) is 0 Å². The SMILES string of the molecule is O=C(Nc1ccc(-c2cc3nc(NC(=O)[C@@H]4CCCN4C(=O)Cc4ccccc4)ccc3[nH]2)cc1)[C@@H]1CCCN1C(=O)Cc1ccccc1. The van der Waals surface area contributed by atoms with E-state index >= 15 is 0 Å². The van der Waals surface area contributed by atoms with Crippen molar-refractivity contribution < 1.29 is 19.2 Å². The first-order valence-corrected chi connectivity index (χ1v) is 16.8. The van der Waals surface area contributed by atoms with Crippen molar-refractivity contribution in [2.75, 3.05) is 23.7 Å². The minimum Gasteiger partial charge on any atom is -0.353 e. The van der Waals surface area contributed by atoms with Gasteiger partial charge in [0.25, 0.3) is 0 Å². The van der Waals surface area contributed by atoms with Crippen LogP contribution in [0.1, 0.15) is 36.8 Å². The van der Waals surface area contributed by atoms with Gasteiger partial charge in [0.05, 0.1) is 23.9 Å². The van der Waals surface area contributed by atoms with Gasteiger partial charge in [-0.05, 0) is 72.7 Å². The summed E-state index contributed by atoms with van der Waals surface area (Å²) in [5.74, 6) is -0.0872. The zero-order chi connectivity index (χ0) is 33.7. The van der Waals surface area contributed by atoms with Gasteiger partial charge < -0.3 is 25.4 Å². The van der Waals surface area contributed by atoms with E-state index in [1.807, 2.05) is 97.1 Å². The summed E-state index contributed by atoms with van der Waals surface area (Å²) < 4.78 is 0. The highest BCUT2D eigenvalue weighted by Gasteiger charge is 2.35. The number of hydrogen-bond acceptors (Lipinski definition) is 5. The fourth-order valence-corrected chi connectivity index (χ4v) is 6.82. The van der Waals surface area contributed by atoms with Crippen LogP contribution < -0.4 is 10.6 Å². The lowest BCUT2D eigenvalue weighted by atomic mass is 10.1. The molecule has 2 aliphatic heterocycles. The molecule has 2 aromatic heterocycles. The molecule has 3 N–H and O–H groups in total. The summed E-state index contributed by atoms with van der Waals surface area (Å²) in [4.78, 5) is 63.9. The number of benzene rings is 3. The standard InChI is InChI=1S/C39H38N6O4/c46-36(23-26-9-3-1-4-10-26)44-21-7-13-33(44)38(48)40-29-17-15-28(16-18-29)31-25-32-30(41-31)19-20-35(42-32)43-39(49)34-14-8-22-45(34)37(47)24-27-11-5-2-6-12-27/h1-6,9-12,15-20,25,33-34,41H,7-8,13-14,21-24H2,(H,40,48)(H,42,43,49)/t33-,34-/m0/s1. The Bertz CT molecular complexity index is 1980. The smallest absolute Gasteiger partial charge is 0.248 e. The van der Waals surface area contributed by atoms with E-state index in [0.717, 1.165) is 40.7 Å². The monoisotopic (exact) mass is 654 g/mol. The minimum atomic E-state index is -0.527. The topological polar surface area (TPSA) is 128 Å². The highest BCUT2D eigenvalue weighted by atomic mass is 16.2. The number of nitrogens with zero attached hydrogens (tertiary/aromatic N) is 3. The predicted octanol–water partition coefficient (Wildman–Crippen LogP) is 5.57. The molecule has 0 saturated carbocycles. The number of nitrogens with one attached hydrogen (secondary N) is 3. The molecular formula is C39H38N6O4. The summed E-state index contributed by atoms with van der Waals surface area (Å²) in [7, 11) is 0. The number of fused-ring (bicyclic) bond motifs is 1. The van der Waals surface area contributed by atoms with Gasteiger partial charge in [0.1, 0.15) is 17.9 Å². The van der Waals surface area contributed by atoms with Crippen molar-refractivity contribution in [2.45, 2.75) is 50.6 Å². The van der Waals surface area contributed by atoms with Crippen LogP contribution in [0.5, 0.6) is 0 Å². The molecule has 0 bridgehead atoms. The summed E-state index contributed by atoms with van der Waals surface area (Å²) >= 11 is 0. The molecule has 248 valence electrons. The molecule has 0 spiro atoms. The summed E-state index contributed by atoms with van der Waals surface area (Å²) in [5.41, 5.74) is 5.76. The van der Waals surface area contributed by atoms with E-state index in [1.165, 1.54) is 0 Å². The number of carbonyl (C=O) groups is 4. The molecule has 4 amide bonds. The normalized spacial score (nSPS) is 17.3. The highest BCUT2D eigenvalue weighted by Crippen LogP contribution is 2.27. The van der Waals surface area contributed by atoms with Gasteiger partial charge in [-0.2, -0.15) is 0 Å². The number of aromatic nitrogens is 2. The number of carbonyl (C=O) groups excluding carboxylic acids is 4. The largest absolute Gasteiger partial charge is 0.353 e. The van der Waals surface area contributed by atoms with Crippen molar-refractivity contribution in [3.05, 3.63) is 114 Å². The van der Waals surface area contributed by atoms with Crippen molar-refractivity contribution in [1.82, 2.24) is 19.8 Å². The predicted molar refractivity (Wildman–Crippen MR) is 189 cm³/mol. The van der Waals surface area contributed by atoms with Crippen molar-refractivity contribution in [2.24, 2.45) is 0 Å². The van der Waals surface area contributed by atoms with Crippen LogP contribution in [0.15, 0.2) is 103 Å². The number of aromatic amines is 1. The van der Waals surface area contributed by atoms with Gasteiger partial charge in [-0.1, -0.05) is 72.8 Å². The molecule has 10 heteroatoms. The van der Waals surface area contributed by atoms with E-state index in [-0.39, 0.29) is 36.5 Å². The Morgan fingerprint density at radius 3 is 1.80 bits per heavy atom. The van der Waals surface area contributed by atoms with E-state index < -0.39 is 12.1 Å². The molecular weight excluding hydrogens is 616 g/mol. The minimum absolute atomic E-state index is 0.0382. The molecule has 2 aliphatic rings. The second kappa shape index (κ2) is 14.1. The van der Waals surface area contributed by atoms with Crippen LogP contribution in [-0.4, -0.2) is 68.6 Å². The lowest BCUT2D eigenvalue weighted by Gasteiger charge is -2.24. The third kappa shape index (κ3) is 7.23. The van der Waals surface area contributed by atoms with Crippen LogP contribution in [0.25, 0.3) is 22.3 Å². The first kappa shape index (κ1) is 31.8. The van der Waals surface area contributed by atoms with Gasteiger partial charge in [0.2, 0.25) is 23.6 Å². The number of rotatable bonds is 9. The van der Waals surface area contributed by atoms with Gasteiger partial charge in [-0.25, -0.2) is 4.98 Å². The van der Waals surface area contributed by atoms with Gasteiger partial charge in [0.15, 0.2) is 0 Å². The van der Waals surface area contributed by atoms with Crippen LogP contribution in [0.2, 0.25) is 0 Å². The Morgan fingerprint density at radius 2 is 1.22 bits per heavy atom. The quantitative estimate of drug-likeness (QED) is 0.192. The van der Waals surface area contributed by atoms with Crippen LogP contribution >= 0.6 is 0 Å². The fourth-order valence-electron chi connectivity index (χ4n) is 6.82. The summed E-state index contributed by atoms with van der Waals surface area (Å²) in [6.45, 7) is 1.14. The maximum atomic E-state index is 13.3. The summed E-state index contributed by atoms with van der Waals surface area (Å²) in [6.07, 6.45) is 3.38. The van der Waals surface area contributed by atoms with E-state index in [0.29, 0.717) is 43.0 Å². The van der Waals surface area contributed by atoms with Crippen LogP contribution in [0.3, 0.4) is 0 Å². The number of hydrogen-bond donors (Lipinski definition) is 3. The maximum absolute atomic E-state index is 13.3. The number of pyridine rings is 1. The van der Waals surface area contributed by atoms with Gasteiger partial charge in [-0.3, -0.25) is 19.2 Å². The third-order valence-electron chi connectivity index (χ3n) is 9.34. The maximum Gasteiger partial charge on any atom is 0.248 e. The number of anilines is 2. The molecule has 4 heterocycles. The fraction of sp³-hybridized carbons (Fsp3) is 0.256. The zero-order valence-electron chi connectivity index (χ0n) is 27.1. The Morgan fingerprint density at radius 1 is 0.673 bits per heavy atom. The molecule has 49 heavy (non-hydrogen) atoms. The lowest BCUT2D eigenvalue weighted by molar-refractivity contribution is -0.136. The lowest BCUT2D eigenvalue weighted by Crippen LogP contribution is -2.43. The Labute approximate surface area is 284 Å². The van der Waals surface area contributed by atoms with Crippen molar-refractivity contribution in [1.29, 1.82) is 0 Å². The highest BCUT2D eigenvalue weighted by molar-refractivity contribution is 5.99. The average Bonchev–Trinajstić information content (AvgIpc) is 3.90. The van der Waals surface area contributed by atoms with E-state index in [9.17, 15) is 19.2 Å². The van der Waals surface area contributed by atoms with Crippen molar-refractivity contribution >= 4 is 46.2 Å². The second-order valence-electron chi connectivity index (χ2n) is 12.7. The Hall–Kier alpha value is -5.77. The second-order valence-corrected chi connectivity index (χ2v) is 12.7. The molecule has 2 atom stereocenters. The third-order valence-corrected chi connectivity index (χ3v) is 9.34. The average molecular weight is 655 g/mol. The van der Waals surface area contributed by atoms with Gasteiger partial charge in [-0.15, -0.1) is 0 Å². The molecule has 5 aromatic rings. The molecule has 7 rings (SSSR count). The van der Waals surface area contributed by atoms with E-state index in [2.05, 4.69) is 20.6 Å². The summed E-state index contributed by atoms with van der Waals surface area (Å²) in [5, 5.41) is 5.91. The first-order valence-electron chi connectivity index (χ1n) is 16.8. The first-order chi connectivity index (χ1) is 23.9. The van der Waals surface area contributed by atoms with Crippen LogP contribution in [0.4, 0.5) is 11.5 Å². The van der Waals surface area contributed by atoms with Crippen LogP contribution in [-0.2, 0) is 32.0 Å². The number of amides is 4. The molecule has 3 aromatic carbocycles. The Balaban J connectivity index is 0.967. The van der Waals surface area contributed by atoms with E-state index in [1.54, 1.807) is 15.9 Å². The molecule has 10 nitrogen and oxygen atoms in total.